The fourth-order valence-corrected chi connectivity index (χ4v) is 0.714. The first kappa shape index (κ1) is 6.02. The van der Waals surface area contributed by atoms with E-state index in [1.807, 2.05) is 0 Å². The average molecular weight is 151 g/mol. The summed E-state index contributed by atoms with van der Waals surface area (Å²) in [7, 11) is 1.69. The summed E-state index contributed by atoms with van der Waals surface area (Å²) in [6.45, 7) is 0. The fraction of sp³-hybridized carbons (Fsp3) is 0.200. The van der Waals surface area contributed by atoms with Gasteiger partial charge in [0.15, 0.2) is 5.69 Å². The predicted octanol–water partition coefficient (Wildman–Crippen LogP) is -0.135. The SMILES string of the molecule is Cn1nnc(-c2ccon2)n1. The quantitative estimate of drug-likeness (QED) is 0.567. The molecule has 0 saturated heterocycles. The van der Waals surface area contributed by atoms with Crippen molar-refractivity contribution >= 4 is 0 Å². The lowest BCUT2D eigenvalue weighted by Gasteiger charge is -1.79. The number of tetrazole rings is 1. The molecule has 0 saturated carbocycles. The van der Waals surface area contributed by atoms with Gasteiger partial charge in [0, 0.05) is 6.07 Å². The summed E-state index contributed by atoms with van der Waals surface area (Å²) in [5, 5.41) is 15.0. The molecule has 2 heterocycles. The summed E-state index contributed by atoms with van der Waals surface area (Å²) in [6, 6.07) is 1.68. The van der Waals surface area contributed by atoms with Gasteiger partial charge in [-0.05, 0) is 5.21 Å². The normalized spacial score (nSPS) is 10.3. The van der Waals surface area contributed by atoms with Crippen molar-refractivity contribution in [1.29, 1.82) is 0 Å². The fourth-order valence-electron chi connectivity index (χ4n) is 0.714. The van der Waals surface area contributed by atoms with Gasteiger partial charge in [-0.3, -0.25) is 0 Å². The zero-order valence-corrected chi connectivity index (χ0v) is 5.80. The van der Waals surface area contributed by atoms with Crippen LogP contribution in [-0.4, -0.2) is 25.4 Å². The number of nitrogens with zero attached hydrogens (tertiary/aromatic N) is 5. The van der Waals surface area contributed by atoms with Crippen molar-refractivity contribution in [1.82, 2.24) is 25.4 Å². The van der Waals surface area contributed by atoms with Gasteiger partial charge >= 0.3 is 0 Å². The van der Waals surface area contributed by atoms with E-state index in [9.17, 15) is 0 Å². The van der Waals surface area contributed by atoms with Crippen LogP contribution in [0.2, 0.25) is 0 Å². The number of rotatable bonds is 1. The van der Waals surface area contributed by atoms with Crippen molar-refractivity contribution in [2.45, 2.75) is 0 Å². The van der Waals surface area contributed by atoms with Crippen LogP contribution < -0.4 is 0 Å². The number of hydrogen-bond acceptors (Lipinski definition) is 5. The van der Waals surface area contributed by atoms with Gasteiger partial charge in [-0.15, -0.1) is 10.2 Å². The van der Waals surface area contributed by atoms with Gasteiger partial charge in [0.25, 0.3) is 0 Å². The molecule has 11 heavy (non-hydrogen) atoms. The first-order valence-corrected chi connectivity index (χ1v) is 3.01. The highest BCUT2D eigenvalue weighted by Crippen LogP contribution is 2.07. The van der Waals surface area contributed by atoms with Crippen LogP contribution in [0.15, 0.2) is 16.9 Å². The third-order valence-electron chi connectivity index (χ3n) is 1.18. The van der Waals surface area contributed by atoms with Crippen LogP contribution in [0.25, 0.3) is 11.5 Å². The molecule has 2 rings (SSSR count). The van der Waals surface area contributed by atoms with E-state index in [2.05, 4.69) is 25.1 Å². The lowest BCUT2D eigenvalue weighted by atomic mass is 10.4. The Morgan fingerprint density at radius 3 is 3.00 bits per heavy atom. The highest BCUT2D eigenvalue weighted by atomic mass is 16.5. The molecule has 0 amide bonds. The minimum absolute atomic E-state index is 0.473. The van der Waals surface area contributed by atoms with Crippen LogP contribution in [0.1, 0.15) is 0 Å². The van der Waals surface area contributed by atoms with Crippen LogP contribution in [0.3, 0.4) is 0 Å². The highest BCUT2D eigenvalue weighted by molar-refractivity contribution is 5.44. The molecule has 6 nitrogen and oxygen atoms in total. The molecule has 2 aromatic rings. The Bertz CT molecular complexity index is 337. The lowest BCUT2D eigenvalue weighted by molar-refractivity contribution is 0.422. The van der Waals surface area contributed by atoms with Crippen molar-refractivity contribution < 1.29 is 4.52 Å². The summed E-state index contributed by atoms with van der Waals surface area (Å²) < 4.78 is 4.61. The molecule has 0 aliphatic heterocycles. The summed E-state index contributed by atoms with van der Waals surface area (Å²) in [6.07, 6.45) is 1.46. The first-order valence-electron chi connectivity index (χ1n) is 3.01. The Morgan fingerprint density at radius 1 is 1.55 bits per heavy atom. The van der Waals surface area contributed by atoms with Gasteiger partial charge < -0.3 is 4.52 Å². The van der Waals surface area contributed by atoms with E-state index in [1.54, 1.807) is 13.1 Å². The van der Waals surface area contributed by atoms with Crippen molar-refractivity contribution in [3.05, 3.63) is 12.3 Å². The molecule has 0 fully saturated rings. The smallest absolute Gasteiger partial charge is 0.226 e. The van der Waals surface area contributed by atoms with E-state index >= 15 is 0 Å². The minimum Gasteiger partial charge on any atom is -0.364 e. The Hall–Kier alpha value is -1.72. The van der Waals surface area contributed by atoms with Crippen molar-refractivity contribution in [3.8, 4) is 11.5 Å². The molecule has 0 aliphatic rings. The Kier molecular flexibility index (Phi) is 1.18. The molecule has 0 N–H and O–H groups in total. The number of aromatic nitrogens is 5. The molecule has 56 valence electrons. The van der Waals surface area contributed by atoms with Crippen LogP contribution in [-0.2, 0) is 7.05 Å². The van der Waals surface area contributed by atoms with E-state index < -0.39 is 0 Å². The average Bonchev–Trinajstić information content (AvgIpc) is 2.55. The Morgan fingerprint density at radius 2 is 2.45 bits per heavy atom. The van der Waals surface area contributed by atoms with E-state index in [1.165, 1.54) is 11.1 Å². The maximum atomic E-state index is 4.61. The summed E-state index contributed by atoms with van der Waals surface area (Å²) >= 11 is 0. The molecule has 6 heteroatoms. The zero-order valence-electron chi connectivity index (χ0n) is 5.80. The molecule has 0 bridgehead atoms. The van der Waals surface area contributed by atoms with Gasteiger partial charge in [-0.1, -0.05) is 5.16 Å². The van der Waals surface area contributed by atoms with Crippen molar-refractivity contribution in [3.63, 3.8) is 0 Å². The topological polar surface area (TPSA) is 69.6 Å². The molecule has 0 spiro atoms. The molecular formula is C5H5N5O. The van der Waals surface area contributed by atoms with Gasteiger partial charge in [0.05, 0.1) is 7.05 Å². The highest BCUT2D eigenvalue weighted by Gasteiger charge is 2.05. The summed E-state index contributed by atoms with van der Waals surface area (Å²) in [5.41, 5.74) is 0.595. The molecule has 0 atom stereocenters. The van der Waals surface area contributed by atoms with E-state index in [0.29, 0.717) is 11.5 Å². The maximum Gasteiger partial charge on any atom is 0.226 e. The van der Waals surface area contributed by atoms with Crippen molar-refractivity contribution in [2.75, 3.05) is 0 Å². The summed E-state index contributed by atoms with van der Waals surface area (Å²) in [4.78, 5) is 1.37. The van der Waals surface area contributed by atoms with E-state index in [-0.39, 0.29) is 0 Å². The van der Waals surface area contributed by atoms with Crippen LogP contribution >= 0.6 is 0 Å². The third-order valence-corrected chi connectivity index (χ3v) is 1.18. The molecule has 0 radical (unpaired) electrons. The predicted molar refractivity (Wildman–Crippen MR) is 34.3 cm³/mol. The minimum atomic E-state index is 0.473. The van der Waals surface area contributed by atoms with E-state index in [0.717, 1.165) is 0 Å². The summed E-state index contributed by atoms with van der Waals surface area (Å²) in [5.74, 6) is 0.473. The molecule has 2 aromatic heterocycles. The molecule has 0 aromatic carbocycles. The molecular weight excluding hydrogens is 146 g/mol. The standard InChI is InChI=1S/C5H5N5O/c1-10-7-5(6-9-10)4-2-3-11-8-4/h2-3H,1H3. The second kappa shape index (κ2) is 2.15. The Balaban J connectivity index is 2.45. The third kappa shape index (κ3) is 0.977. The van der Waals surface area contributed by atoms with Crippen LogP contribution in [0.5, 0.6) is 0 Å². The molecule has 0 unspecified atom stereocenters. The van der Waals surface area contributed by atoms with Gasteiger partial charge in [0.2, 0.25) is 5.82 Å². The molecule has 0 aliphatic carbocycles. The van der Waals surface area contributed by atoms with Gasteiger partial charge in [-0.2, -0.15) is 4.80 Å². The monoisotopic (exact) mass is 151 g/mol. The largest absolute Gasteiger partial charge is 0.364 e. The first-order chi connectivity index (χ1) is 5.36. The van der Waals surface area contributed by atoms with Gasteiger partial charge in [-0.25, -0.2) is 0 Å². The number of hydrogen-bond donors (Lipinski definition) is 0. The van der Waals surface area contributed by atoms with Crippen molar-refractivity contribution in [2.24, 2.45) is 7.05 Å². The second-order valence-electron chi connectivity index (χ2n) is 1.99. The van der Waals surface area contributed by atoms with Gasteiger partial charge in [0.1, 0.15) is 6.26 Å². The van der Waals surface area contributed by atoms with Crippen LogP contribution in [0, 0.1) is 0 Å². The van der Waals surface area contributed by atoms with E-state index in [4.69, 9.17) is 0 Å². The number of aryl methyl sites for hydroxylation is 1. The Labute approximate surface area is 61.8 Å². The lowest BCUT2D eigenvalue weighted by Crippen LogP contribution is -1.91. The zero-order chi connectivity index (χ0) is 7.68. The second-order valence-corrected chi connectivity index (χ2v) is 1.99. The van der Waals surface area contributed by atoms with Crippen LogP contribution in [0.4, 0.5) is 0 Å². The maximum absolute atomic E-state index is 4.61.